The van der Waals surface area contributed by atoms with Crippen LogP contribution in [0.1, 0.15) is 44.0 Å². The number of aryl methyl sites for hydroxylation is 1. The summed E-state index contributed by atoms with van der Waals surface area (Å²) in [5.74, 6) is 0.237. The Kier molecular flexibility index (Phi) is 5.55. The van der Waals surface area contributed by atoms with Crippen LogP contribution in [0, 0.1) is 18.7 Å². The fourth-order valence-electron chi connectivity index (χ4n) is 3.46. The van der Waals surface area contributed by atoms with Crippen LogP contribution in [0.25, 0.3) is 0 Å². The van der Waals surface area contributed by atoms with Crippen molar-refractivity contribution in [1.29, 1.82) is 0 Å². The zero-order valence-corrected chi connectivity index (χ0v) is 15.6. The van der Waals surface area contributed by atoms with Gasteiger partial charge in [0.1, 0.15) is 5.82 Å². The van der Waals surface area contributed by atoms with E-state index < -0.39 is 0 Å². The van der Waals surface area contributed by atoms with Crippen LogP contribution in [0.3, 0.4) is 0 Å². The van der Waals surface area contributed by atoms with Crippen LogP contribution < -0.4 is 5.32 Å². The van der Waals surface area contributed by atoms with Crippen molar-refractivity contribution in [3.63, 3.8) is 0 Å². The van der Waals surface area contributed by atoms with Gasteiger partial charge in [0.15, 0.2) is 0 Å². The molecule has 2 heterocycles. The summed E-state index contributed by atoms with van der Waals surface area (Å²) in [7, 11) is 0. The Labute approximate surface area is 154 Å². The van der Waals surface area contributed by atoms with Crippen molar-refractivity contribution in [2.75, 3.05) is 18.4 Å². The normalized spacial score (nSPS) is 17.4. The quantitative estimate of drug-likeness (QED) is 0.869. The second-order valence-electron chi connectivity index (χ2n) is 7.33. The summed E-state index contributed by atoms with van der Waals surface area (Å²) in [6.45, 7) is 7.42. The molecule has 1 saturated heterocycles. The minimum atomic E-state index is -0.251. The molecule has 1 unspecified atom stereocenters. The van der Waals surface area contributed by atoms with Crippen LogP contribution in [-0.2, 0) is 4.79 Å². The van der Waals surface area contributed by atoms with Crippen molar-refractivity contribution < 1.29 is 9.18 Å². The number of rotatable bonds is 4. The summed E-state index contributed by atoms with van der Waals surface area (Å²) in [6.07, 6.45) is 2.04. The lowest BCUT2D eigenvalue weighted by Crippen LogP contribution is -2.41. The Morgan fingerprint density at radius 2 is 1.96 bits per heavy atom. The van der Waals surface area contributed by atoms with E-state index in [2.05, 4.69) is 5.32 Å². The Bertz CT molecular complexity index is 773. The molecule has 0 spiro atoms. The first-order valence-corrected chi connectivity index (χ1v) is 9.22. The molecule has 0 bridgehead atoms. The highest BCUT2D eigenvalue weighted by Crippen LogP contribution is 2.29. The van der Waals surface area contributed by atoms with Gasteiger partial charge >= 0.3 is 0 Å². The van der Waals surface area contributed by atoms with E-state index in [1.807, 2.05) is 37.8 Å². The second kappa shape index (κ2) is 7.85. The molecule has 0 radical (unpaired) electrons. The summed E-state index contributed by atoms with van der Waals surface area (Å²) < 4.78 is 13.1. The maximum Gasteiger partial charge on any atom is 0.225 e. The molecule has 1 amide bonds. The Morgan fingerprint density at radius 1 is 1.23 bits per heavy atom. The lowest BCUT2D eigenvalue weighted by atomic mass is 9.93. The van der Waals surface area contributed by atoms with Gasteiger partial charge in [0.05, 0.1) is 0 Å². The van der Waals surface area contributed by atoms with Gasteiger partial charge in [-0.2, -0.15) is 0 Å². The molecule has 1 N–H and O–H groups in total. The van der Waals surface area contributed by atoms with Gasteiger partial charge in [-0.15, -0.1) is 0 Å². The van der Waals surface area contributed by atoms with Crippen LogP contribution >= 0.6 is 0 Å². The van der Waals surface area contributed by atoms with E-state index >= 15 is 0 Å². The highest BCUT2D eigenvalue weighted by atomic mass is 19.1. The molecule has 4 nitrogen and oxygen atoms in total. The maximum absolute atomic E-state index is 13.1. The number of amides is 1. The van der Waals surface area contributed by atoms with Gasteiger partial charge in [0.25, 0.3) is 0 Å². The topological polar surface area (TPSA) is 45.2 Å². The SMILES string of the molecule is Cc1cc(Nc2ccc(F)cc2)cc(C2CCCN(C(=O)C(C)C)C2)n1. The number of benzene rings is 1. The highest BCUT2D eigenvalue weighted by Gasteiger charge is 2.27. The number of likely N-dealkylation sites (tertiary alicyclic amines) is 1. The number of hydrogen-bond acceptors (Lipinski definition) is 3. The second-order valence-corrected chi connectivity index (χ2v) is 7.33. The minimum Gasteiger partial charge on any atom is -0.355 e. The number of nitrogens with zero attached hydrogens (tertiary/aromatic N) is 2. The monoisotopic (exact) mass is 355 g/mol. The van der Waals surface area contributed by atoms with Gasteiger partial charge in [0.2, 0.25) is 5.91 Å². The summed E-state index contributed by atoms with van der Waals surface area (Å²) in [4.78, 5) is 19.0. The number of halogens is 1. The van der Waals surface area contributed by atoms with Crippen LogP contribution in [0.15, 0.2) is 36.4 Å². The third kappa shape index (κ3) is 4.40. The Balaban J connectivity index is 1.78. The first kappa shape index (κ1) is 18.4. The lowest BCUT2D eigenvalue weighted by molar-refractivity contribution is -0.135. The molecule has 0 aliphatic carbocycles. The fraction of sp³-hybridized carbons (Fsp3) is 0.429. The van der Waals surface area contributed by atoms with Crippen LogP contribution in [0.4, 0.5) is 15.8 Å². The van der Waals surface area contributed by atoms with E-state index in [9.17, 15) is 9.18 Å². The number of nitrogens with one attached hydrogen (secondary N) is 1. The number of anilines is 2. The Hall–Kier alpha value is -2.43. The van der Waals surface area contributed by atoms with Gasteiger partial charge in [0, 0.05) is 47.7 Å². The van der Waals surface area contributed by atoms with Crippen molar-refractivity contribution in [3.05, 3.63) is 53.6 Å². The number of carbonyl (C=O) groups excluding carboxylic acids is 1. The predicted molar refractivity (Wildman–Crippen MR) is 102 cm³/mol. The van der Waals surface area contributed by atoms with Crippen molar-refractivity contribution in [1.82, 2.24) is 9.88 Å². The number of aromatic nitrogens is 1. The van der Waals surface area contributed by atoms with Gasteiger partial charge in [-0.1, -0.05) is 13.8 Å². The van der Waals surface area contributed by atoms with Crippen molar-refractivity contribution >= 4 is 17.3 Å². The largest absolute Gasteiger partial charge is 0.355 e. The number of carbonyl (C=O) groups is 1. The summed E-state index contributed by atoms with van der Waals surface area (Å²) in [6, 6.07) is 10.3. The Morgan fingerprint density at radius 3 is 2.65 bits per heavy atom. The third-order valence-electron chi connectivity index (χ3n) is 4.75. The minimum absolute atomic E-state index is 0.0231. The highest BCUT2D eigenvalue weighted by molar-refractivity contribution is 5.78. The average molecular weight is 355 g/mol. The van der Waals surface area contributed by atoms with Gasteiger partial charge in [-0.05, 0) is 56.2 Å². The number of hydrogen-bond donors (Lipinski definition) is 1. The molecule has 5 heteroatoms. The molecule has 0 saturated carbocycles. The molecular formula is C21H26FN3O. The summed E-state index contributed by atoms with van der Waals surface area (Å²) in [5.41, 5.74) is 3.71. The van der Waals surface area contributed by atoms with E-state index in [1.54, 1.807) is 12.1 Å². The summed E-state index contributed by atoms with van der Waals surface area (Å²) in [5, 5.41) is 3.32. The third-order valence-corrected chi connectivity index (χ3v) is 4.75. The fourth-order valence-corrected chi connectivity index (χ4v) is 3.46. The zero-order chi connectivity index (χ0) is 18.7. The van der Waals surface area contributed by atoms with Gasteiger partial charge < -0.3 is 10.2 Å². The molecule has 1 fully saturated rings. The zero-order valence-electron chi connectivity index (χ0n) is 15.6. The maximum atomic E-state index is 13.1. The van der Waals surface area contributed by atoms with Crippen molar-refractivity contribution in [3.8, 4) is 0 Å². The molecule has 1 aromatic heterocycles. The molecule has 1 aliphatic heterocycles. The molecule has 2 aromatic rings. The van der Waals surface area contributed by atoms with E-state index in [4.69, 9.17) is 4.98 Å². The number of pyridine rings is 1. The van der Waals surface area contributed by atoms with E-state index in [-0.39, 0.29) is 23.6 Å². The average Bonchev–Trinajstić information content (AvgIpc) is 2.62. The molecular weight excluding hydrogens is 329 g/mol. The van der Waals surface area contributed by atoms with E-state index in [1.165, 1.54) is 12.1 Å². The molecule has 1 aromatic carbocycles. The first-order valence-electron chi connectivity index (χ1n) is 9.22. The van der Waals surface area contributed by atoms with E-state index in [0.29, 0.717) is 0 Å². The smallest absolute Gasteiger partial charge is 0.225 e. The molecule has 138 valence electrons. The lowest BCUT2D eigenvalue weighted by Gasteiger charge is -2.34. The standard InChI is InChI=1S/C21H26FN3O/c1-14(2)21(26)25-10-4-5-16(13-25)20-12-19(11-15(3)23-20)24-18-8-6-17(22)7-9-18/h6-9,11-12,14,16H,4-5,10,13H2,1-3H3,(H,23,24). The van der Waals surface area contributed by atoms with E-state index in [0.717, 1.165) is 48.7 Å². The van der Waals surface area contributed by atoms with Gasteiger partial charge in [-0.3, -0.25) is 9.78 Å². The van der Waals surface area contributed by atoms with Crippen molar-refractivity contribution in [2.45, 2.75) is 39.5 Å². The molecule has 3 rings (SSSR count). The van der Waals surface area contributed by atoms with Crippen LogP contribution in [-0.4, -0.2) is 28.9 Å². The van der Waals surface area contributed by atoms with Crippen LogP contribution in [0.2, 0.25) is 0 Å². The molecule has 1 atom stereocenters. The molecule has 26 heavy (non-hydrogen) atoms. The summed E-state index contributed by atoms with van der Waals surface area (Å²) >= 11 is 0. The first-order chi connectivity index (χ1) is 12.4. The van der Waals surface area contributed by atoms with Gasteiger partial charge in [-0.25, -0.2) is 4.39 Å². The van der Waals surface area contributed by atoms with Crippen molar-refractivity contribution in [2.24, 2.45) is 5.92 Å². The molecule has 1 aliphatic rings. The number of piperidine rings is 1. The predicted octanol–water partition coefficient (Wildman–Crippen LogP) is 4.63. The van der Waals surface area contributed by atoms with Crippen LogP contribution in [0.5, 0.6) is 0 Å².